The van der Waals surface area contributed by atoms with Crippen molar-refractivity contribution in [3.8, 4) is 0 Å². The van der Waals surface area contributed by atoms with Gasteiger partial charge in [-0.25, -0.2) is 12.7 Å². The summed E-state index contributed by atoms with van der Waals surface area (Å²) in [5.41, 5.74) is 1.88. The molecule has 6 heteroatoms. The molecule has 2 rings (SSSR count). The van der Waals surface area contributed by atoms with E-state index in [-0.39, 0.29) is 17.6 Å². The quantitative estimate of drug-likeness (QED) is 0.639. The van der Waals surface area contributed by atoms with Crippen molar-refractivity contribution in [1.29, 1.82) is 0 Å². The molecule has 1 N–H and O–H groups in total. The Morgan fingerprint density at radius 3 is 2.57 bits per heavy atom. The van der Waals surface area contributed by atoms with Gasteiger partial charge >= 0.3 is 0 Å². The maximum absolute atomic E-state index is 12.7. The number of hydrogen-bond donors (Lipinski definition) is 1. The number of nitrogens with zero attached hydrogens (tertiary/aromatic N) is 1. The van der Waals surface area contributed by atoms with Crippen molar-refractivity contribution in [3.63, 3.8) is 0 Å². The molecule has 0 bridgehead atoms. The van der Waals surface area contributed by atoms with E-state index in [1.54, 1.807) is 4.31 Å². The van der Waals surface area contributed by atoms with E-state index in [4.69, 9.17) is 0 Å². The van der Waals surface area contributed by atoms with Crippen LogP contribution in [0.3, 0.4) is 0 Å². The average Bonchev–Trinajstić information content (AvgIpc) is 2.67. The number of sulfonamides is 1. The maximum Gasteiger partial charge on any atom is 0.223 e. The number of rotatable bonds is 10. The second-order valence-electron chi connectivity index (χ2n) is 8.08. The molecular weight excluding hydrogens is 372 g/mol. The van der Waals surface area contributed by atoms with E-state index in [2.05, 4.69) is 19.2 Å². The molecular formula is C22H36N2O3S. The zero-order valence-corrected chi connectivity index (χ0v) is 18.4. The Hall–Kier alpha value is -1.40. The van der Waals surface area contributed by atoms with Gasteiger partial charge in [-0.2, -0.15) is 0 Å². The maximum atomic E-state index is 12.7. The molecule has 28 heavy (non-hydrogen) atoms. The molecule has 1 amide bonds. The summed E-state index contributed by atoms with van der Waals surface area (Å²) in [4.78, 5) is 12.5. The minimum atomic E-state index is -3.34. The summed E-state index contributed by atoms with van der Waals surface area (Å²) in [6.07, 6.45) is 5.82. The first-order valence-electron chi connectivity index (χ1n) is 10.7. The Morgan fingerprint density at radius 1 is 1.25 bits per heavy atom. The Balaban J connectivity index is 1.81. The fourth-order valence-corrected chi connectivity index (χ4v) is 5.38. The molecule has 0 aromatic heterocycles. The van der Waals surface area contributed by atoms with Gasteiger partial charge in [0.2, 0.25) is 15.9 Å². The molecule has 5 nitrogen and oxygen atoms in total. The van der Waals surface area contributed by atoms with E-state index >= 15 is 0 Å². The lowest BCUT2D eigenvalue weighted by atomic mass is 9.95. The fourth-order valence-electron chi connectivity index (χ4n) is 3.83. The lowest BCUT2D eigenvalue weighted by molar-refractivity contribution is -0.126. The molecule has 1 aromatic rings. The van der Waals surface area contributed by atoms with E-state index in [0.717, 1.165) is 30.5 Å². The highest BCUT2D eigenvalue weighted by Gasteiger charge is 2.31. The highest BCUT2D eigenvalue weighted by atomic mass is 32.2. The molecule has 1 saturated heterocycles. The van der Waals surface area contributed by atoms with Crippen LogP contribution in [0.1, 0.15) is 63.5 Å². The molecule has 0 spiro atoms. The third-order valence-electron chi connectivity index (χ3n) is 5.76. The van der Waals surface area contributed by atoms with E-state index < -0.39 is 10.0 Å². The molecule has 1 heterocycles. The standard InChI is InChI=1S/C22H36N2O3S/c1-4-6-9-19(5-2)16-23-22(25)21-11-13-24(14-12-21)28(26,27)17-20-10-7-8-18(3)15-20/h7-8,10,15,19,21H,4-6,9,11-14,16-17H2,1-3H3,(H,23,25). The van der Waals surface area contributed by atoms with Crippen molar-refractivity contribution in [2.45, 2.75) is 65.0 Å². The molecule has 1 aliphatic rings. The van der Waals surface area contributed by atoms with Crippen LogP contribution in [0.5, 0.6) is 0 Å². The molecule has 1 unspecified atom stereocenters. The van der Waals surface area contributed by atoms with Gasteiger partial charge in [0.25, 0.3) is 0 Å². The van der Waals surface area contributed by atoms with Crippen molar-refractivity contribution in [2.75, 3.05) is 19.6 Å². The van der Waals surface area contributed by atoms with Crippen molar-refractivity contribution in [2.24, 2.45) is 11.8 Å². The summed E-state index contributed by atoms with van der Waals surface area (Å²) >= 11 is 0. The monoisotopic (exact) mass is 408 g/mol. The lowest BCUT2D eigenvalue weighted by Crippen LogP contribution is -2.44. The number of unbranched alkanes of at least 4 members (excludes halogenated alkanes) is 1. The van der Waals surface area contributed by atoms with Crippen LogP contribution in [0.25, 0.3) is 0 Å². The first kappa shape index (κ1) is 22.9. The number of carbonyl (C=O) groups excluding carboxylic acids is 1. The van der Waals surface area contributed by atoms with Crippen LogP contribution >= 0.6 is 0 Å². The van der Waals surface area contributed by atoms with Gasteiger partial charge in [0.05, 0.1) is 5.75 Å². The summed E-state index contributed by atoms with van der Waals surface area (Å²) < 4.78 is 27.0. The Labute approximate surface area is 170 Å². The zero-order valence-electron chi connectivity index (χ0n) is 17.6. The van der Waals surface area contributed by atoms with E-state index in [0.29, 0.717) is 31.8 Å². The van der Waals surface area contributed by atoms with Gasteiger partial charge in [0, 0.05) is 25.6 Å². The highest BCUT2D eigenvalue weighted by molar-refractivity contribution is 7.88. The van der Waals surface area contributed by atoms with Gasteiger partial charge in [-0.05, 0) is 37.7 Å². The second-order valence-corrected chi connectivity index (χ2v) is 10.0. The molecule has 1 atom stereocenters. The zero-order chi connectivity index (χ0) is 20.6. The van der Waals surface area contributed by atoms with Crippen LogP contribution in [0, 0.1) is 18.8 Å². The Bertz CT molecular complexity index is 725. The minimum absolute atomic E-state index is 0.0289. The fraction of sp³-hybridized carbons (Fsp3) is 0.682. The Kier molecular flexibility index (Phi) is 8.96. The smallest absolute Gasteiger partial charge is 0.223 e. The van der Waals surface area contributed by atoms with Crippen molar-refractivity contribution < 1.29 is 13.2 Å². The SMILES string of the molecule is CCCCC(CC)CNC(=O)C1CCN(S(=O)(=O)Cc2cccc(C)c2)CC1. The average molecular weight is 409 g/mol. The largest absolute Gasteiger partial charge is 0.356 e. The summed E-state index contributed by atoms with van der Waals surface area (Å²) in [7, 11) is -3.34. The molecule has 1 aliphatic heterocycles. The van der Waals surface area contributed by atoms with Crippen molar-refractivity contribution in [1.82, 2.24) is 9.62 Å². The number of benzene rings is 1. The normalized spacial score (nSPS) is 17.4. The van der Waals surface area contributed by atoms with E-state index in [9.17, 15) is 13.2 Å². The molecule has 0 aliphatic carbocycles. The van der Waals surface area contributed by atoms with Gasteiger partial charge in [-0.1, -0.05) is 62.9 Å². The van der Waals surface area contributed by atoms with Crippen LogP contribution in [-0.2, 0) is 20.6 Å². The lowest BCUT2D eigenvalue weighted by Gasteiger charge is -2.31. The predicted molar refractivity (Wildman–Crippen MR) is 114 cm³/mol. The molecule has 0 radical (unpaired) electrons. The highest BCUT2D eigenvalue weighted by Crippen LogP contribution is 2.22. The van der Waals surface area contributed by atoms with Crippen LogP contribution in [0.2, 0.25) is 0 Å². The first-order valence-corrected chi connectivity index (χ1v) is 12.3. The summed E-state index contributed by atoms with van der Waals surface area (Å²) in [6, 6.07) is 7.63. The van der Waals surface area contributed by atoms with Crippen molar-refractivity contribution >= 4 is 15.9 Å². The Morgan fingerprint density at radius 2 is 1.96 bits per heavy atom. The van der Waals surface area contributed by atoms with Crippen LogP contribution in [0.15, 0.2) is 24.3 Å². The van der Waals surface area contributed by atoms with E-state index in [1.807, 2.05) is 31.2 Å². The summed E-state index contributed by atoms with van der Waals surface area (Å²) in [5.74, 6) is 0.583. The second kappa shape index (κ2) is 11.0. The van der Waals surface area contributed by atoms with Gasteiger partial charge in [-0.3, -0.25) is 4.79 Å². The molecule has 0 saturated carbocycles. The van der Waals surface area contributed by atoms with Gasteiger partial charge in [-0.15, -0.1) is 0 Å². The van der Waals surface area contributed by atoms with Crippen molar-refractivity contribution in [3.05, 3.63) is 35.4 Å². The molecule has 1 aromatic carbocycles. The van der Waals surface area contributed by atoms with E-state index in [1.165, 1.54) is 12.8 Å². The van der Waals surface area contributed by atoms with Crippen LogP contribution in [-0.4, -0.2) is 38.3 Å². The minimum Gasteiger partial charge on any atom is -0.356 e. The predicted octanol–water partition coefficient (Wildman–Crippen LogP) is 3.87. The number of carbonyl (C=O) groups is 1. The van der Waals surface area contributed by atoms with Gasteiger partial charge < -0.3 is 5.32 Å². The first-order chi connectivity index (χ1) is 13.4. The third-order valence-corrected chi connectivity index (χ3v) is 7.61. The number of piperidine rings is 1. The summed E-state index contributed by atoms with van der Waals surface area (Å²) in [5, 5.41) is 3.11. The summed E-state index contributed by atoms with van der Waals surface area (Å²) in [6.45, 7) is 7.92. The van der Waals surface area contributed by atoms with Gasteiger partial charge in [0.1, 0.15) is 0 Å². The number of hydrogen-bond acceptors (Lipinski definition) is 3. The molecule has 1 fully saturated rings. The molecule has 158 valence electrons. The number of aryl methyl sites for hydroxylation is 1. The van der Waals surface area contributed by atoms with Crippen LogP contribution in [0.4, 0.5) is 0 Å². The van der Waals surface area contributed by atoms with Gasteiger partial charge in [0.15, 0.2) is 0 Å². The topological polar surface area (TPSA) is 66.5 Å². The third kappa shape index (κ3) is 6.89. The number of nitrogens with one attached hydrogen (secondary N) is 1. The van der Waals surface area contributed by atoms with Crippen LogP contribution < -0.4 is 5.32 Å². The number of amides is 1.